The van der Waals surface area contributed by atoms with Crippen LogP contribution in [0.1, 0.15) is 38.5 Å². The molecule has 2 nitrogen and oxygen atoms in total. The summed E-state index contributed by atoms with van der Waals surface area (Å²) >= 11 is 0. The highest BCUT2D eigenvalue weighted by molar-refractivity contribution is 5.61. The van der Waals surface area contributed by atoms with Gasteiger partial charge < -0.3 is 10.5 Å². The average Bonchev–Trinajstić information content (AvgIpc) is 2.24. The predicted octanol–water partition coefficient (Wildman–Crippen LogP) is 1.24. The van der Waals surface area contributed by atoms with Gasteiger partial charge >= 0.3 is 0 Å². The first-order valence-corrected chi connectivity index (χ1v) is 4.43. The lowest BCUT2D eigenvalue weighted by Crippen LogP contribution is -2.41. The molecule has 0 heterocycles. The van der Waals surface area contributed by atoms with Crippen LogP contribution >= 0.6 is 0 Å². The van der Waals surface area contributed by atoms with Crippen LogP contribution in [0.2, 0.25) is 0 Å². The highest BCUT2D eigenvalue weighted by Gasteiger charge is 2.48. The average molecular weight is 153 g/mol. The Morgan fingerprint density at radius 1 is 1.18 bits per heavy atom. The second-order valence-corrected chi connectivity index (χ2v) is 4.37. The molecule has 2 N–H and O–H groups in total. The monoisotopic (exact) mass is 153 g/mol. The van der Waals surface area contributed by atoms with Crippen LogP contribution in [0.4, 0.5) is 0 Å². The van der Waals surface area contributed by atoms with Crippen molar-refractivity contribution in [1.82, 2.24) is 0 Å². The minimum atomic E-state index is -0.00694. The number of nitrogens with two attached hydrogens (primary N) is 1. The van der Waals surface area contributed by atoms with Gasteiger partial charge in [-0.1, -0.05) is 6.42 Å². The molecular weight excluding hydrogens is 138 g/mol. The molecule has 2 unspecified atom stereocenters. The van der Waals surface area contributed by atoms with Crippen molar-refractivity contribution in [2.75, 3.05) is 0 Å². The zero-order chi connectivity index (χ0) is 7.95. The summed E-state index contributed by atoms with van der Waals surface area (Å²) < 4.78 is 0. The molecule has 62 valence electrons. The van der Waals surface area contributed by atoms with Gasteiger partial charge in [-0.2, -0.15) is 0 Å². The lowest BCUT2D eigenvalue weighted by Gasteiger charge is -2.33. The third kappa shape index (κ3) is 1.00. The molecule has 0 amide bonds. The lowest BCUT2D eigenvalue weighted by molar-refractivity contribution is -0.117. The molecule has 0 aromatic heterocycles. The van der Waals surface area contributed by atoms with E-state index in [-0.39, 0.29) is 11.0 Å². The standard InChI is InChI=1S/C9H15NO/c10-9-3-1-2-8(6-9,7-11)4-5-9/h7H,1-6,10H2. The van der Waals surface area contributed by atoms with Gasteiger partial charge in [-0.25, -0.2) is 0 Å². The van der Waals surface area contributed by atoms with Crippen molar-refractivity contribution >= 4 is 6.29 Å². The van der Waals surface area contributed by atoms with E-state index in [1.807, 2.05) is 0 Å². The van der Waals surface area contributed by atoms with Crippen LogP contribution < -0.4 is 5.73 Å². The van der Waals surface area contributed by atoms with E-state index in [9.17, 15) is 4.79 Å². The first-order chi connectivity index (χ1) is 5.18. The van der Waals surface area contributed by atoms with Crippen LogP contribution in [-0.2, 0) is 4.79 Å². The maximum Gasteiger partial charge on any atom is 0.126 e. The molecule has 11 heavy (non-hydrogen) atoms. The van der Waals surface area contributed by atoms with Crippen molar-refractivity contribution in [2.24, 2.45) is 11.1 Å². The summed E-state index contributed by atoms with van der Waals surface area (Å²) in [5.74, 6) is 0. The van der Waals surface area contributed by atoms with Crippen molar-refractivity contribution in [3.8, 4) is 0 Å². The molecule has 2 fully saturated rings. The molecule has 0 saturated heterocycles. The van der Waals surface area contributed by atoms with Crippen LogP contribution in [-0.4, -0.2) is 11.8 Å². The van der Waals surface area contributed by atoms with Crippen molar-refractivity contribution in [2.45, 2.75) is 44.1 Å². The molecule has 0 spiro atoms. The maximum absolute atomic E-state index is 10.8. The van der Waals surface area contributed by atoms with Crippen LogP contribution in [0, 0.1) is 5.41 Å². The molecule has 2 rings (SSSR count). The molecule has 2 atom stereocenters. The Kier molecular flexibility index (Phi) is 1.37. The molecule has 0 aromatic carbocycles. The maximum atomic E-state index is 10.8. The summed E-state index contributed by atoms with van der Waals surface area (Å²) in [4.78, 5) is 10.8. The Labute approximate surface area is 67.1 Å². The fourth-order valence-electron chi connectivity index (χ4n) is 2.75. The summed E-state index contributed by atoms with van der Waals surface area (Å²) in [5, 5.41) is 0. The Morgan fingerprint density at radius 2 is 2.00 bits per heavy atom. The minimum absolute atomic E-state index is 0.00694. The summed E-state index contributed by atoms with van der Waals surface area (Å²) in [7, 11) is 0. The first-order valence-electron chi connectivity index (χ1n) is 4.43. The minimum Gasteiger partial charge on any atom is -0.325 e. The summed E-state index contributed by atoms with van der Waals surface area (Å²) in [6.07, 6.45) is 7.55. The molecule has 0 aromatic rings. The quantitative estimate of drug-likeness (QED) is 0.576. The molecule has 2 heteroatoms. The lowest BCUT2D eigenvalue weighted by atomic mass is 9.74. The molecule has 0 aliphatic heterocycles. The topological polar surface area (TPSA) is 43.1 Å². The molecule has 2 aliphatic carbocycles. The van der Waals surface area contributed by atoms with E-state index in [0.717, 1.165) is 44.8 Å². The van der Waals surface area contributed by atoms with E-state index in [0.29, 0.717) is 0 Å². The number of hydrogen-bond acceptors (Lipinski definition) is 2. The summed E-state index contributed by atoms with van der Waals surface area (Å²) in [6.45, 7) is 0. The molecule has 2 saturated carbocycles. The number of aldehydes is 1. The van der Waals surface area contributed by atoms with Crippen molar-refractivity contribution in [1.29, 1.82) is 0 Å². The largest absolute Gasteiger partial charge is 0.325 e. The van der Waals surface area contributed by atoms with Gasteiger partial charge in [0.1, 0.15) is 6.29 Å². The van der Waals surface area contributed by atoms with E-state index in [1.165, 1.54) is 0 Å². The second-order valence-electron chi connectivity index (χ2n) is 4.37. The third-order valence-corrected chi connectivity index (χ3v) is 3.42. The Hall–Kier alpha value is -0.370. The predicted molar refractivity (Wildman–Crippen MR) is 43.1 cm³/mol. The van der Waals surface area contributed by atoms with Gasteiger partial charge in [-0.15, -0.1) is 0 Å². The number of rotatable bonds is 1. The van der Waals surface area contributed by atoms with Crippen LogP contribution in [0.5, 0.6) is 0 Å². The number of hydrogen-bond donors (Lipinski definition) is 1. The number of fused-ring (bicyclic) bond motifs is 2. The second kappa shape index (κ2) is 2.07. The normalized spacial score (nSPS) is 49.2. The fourth-order valence-corrected chi connectivity index (χ4v) is 2.75. The fraction of sp³-hybridized carbons (Fsp3) is 0.889. The van der Waals surface area contributed by atoms with E-state index in [4.69, 9.17) is 5.73 Å². The van der Waals surface area contributed by atoms with Crippen LogP contribution in [0.25, 0.3) is 0 Å². The highest BCUT2D eigenvalue weighted by Crippen LogP contribution is 2.51. The van der Waals surface area contributed by atoms with Gasteiger partial charge in [0, 0.05) is 11.0 Å². The third-order valence-electron chi connectivity index (χ3n) is 3.42. The Morgan fingerprint density at radius 3 is 2.64 bits per heavy atom. The van der Waals surface area contributed by atoms with Gasteiger partial charge in [-0.3, -0.25) is 0 Å². The Bertz CT molecular complexity index is 192. The van der Waals surface area contributed by atoms with Crippen molar-refractivity contribution in [3.63, 3.8) is 0 Å². The molecule has 2 bridgehead atoms. The highest BCUT2D eigenvalue weighted by atomic mass is 16.1. The van der Waals surface area contributed by atoms with Crippen LogP contribution in [0.15, 0.2) is 0 Å². The summed E-state index contributed by atoms with van der Waals surface area (Å²) in [6, 6.07) is 0. The zero-order valence-electron chi connectivity index (χ0n) is 6.81. The molecule has 2 aliphatic rings. The van der Waals surface area contributed by atoms with Crippen molar-refractivity contribution < 1.29 is 4.79 Å². The first kappa shape index (κ1) is 7.29. The van der Waals surface area contributed by atoms with Gasteiger partial charge in [0.15, 0.2) is 0 Å². The Balaban J connectivity index is 2.23. The smallest absolute Gasteiger partial charge is 0.126 e. The molecule has 0 radical (unpaired) electrons. The zero-order valence-corrected chi connectivity index (χ0v) is 6.81. The number of carbonyl (C=O) groups excluding carboxylic acids is 1. The molecular formula is C9H15NO. The van der Waals surface area contributed by atoms with Crippen LogP contribution in [0.3, 0.4) is 0 Å². The van der Waals surface area contributed by atoms with E-state index in [1.54, 1.807) is 0 Å². The summed E-state index contributed by atoms with van der Waals surface area (Å²) in [5.41, 5.74) is 6.12. The van der Waals surface area contributed by atoms with Gasteiger partial charge in [0.25, 0.3) is 0 Å². The SMILES string of the molecule is NC12CCCC(C=O)(CC1)C2. The number of carbonyl (C=O) groups is 1. The van der Waals surface area contributed by atoms with Gasteiger partial charge in [0.2, 0.25) is 0 Å². The van der Waals surface area contributed by atoms with Gasteiger partial charge in [0.05, 0.1) is 0 Å². The van der Waals surface area contributed by atoms with E-state index < -0.39 is 0 Å². The van der Waals surface area contributed by atoms with Crippen molar-refractivity contribution in [3.05, 3.63) is 0 Å². The van der Waals surface area contributed by atoms with Gasteiger partial charge in [-0.05, 0) is 32.1 Å². The van der Waals surface area contributed by atoms with E-state index in [2.05, 4.69) is 0 Å². The van der Waals surface area contributed by atoms with E-state index >= 15 is 0 Å².